The van der Waals surface area contributed by atoms with E-state index in [1.165, 1.54) is 0 Å². The Morgan fingerprint density at radius 3 is 2.23 bits per heavy atom. The van der Waals surface area contributed by atoms with Gasteiger partial charge in [0.15, 0.2) is 5.78 Å². The maximum absolute atomic E-state index is 11.4. The highest BCUT2D eigenvalue weighted by Crippen LogP contribution is 2.18. The number of Topliss-reactive ketones (excluding diaryl/α,β-unsaturated/α-hetero) is 1. The standard InChI is InChI=1S/C17H20N2O3/c18-9-16(20)13-3-1-12(2-4-13)11-22-15-7-5-14(6-8-15)17(21)10-19/h1-8,17,21H,9-11,18-19H2. The van der Waals surface area contributed by atoms with Gasteiger partial charge in [0.2, 0.25) is 0 Å². The summed E-state index contributed by atoms with van der Waals surface area (Å²) in [5.74, 6) is 0.622. The van der Waals surface area contributed by atoms with Crippen molar-refractivity contribution in [3.63, 3.8) is 0 Å². The second-order valence-corrected chi connectivity index (χ2v) is 4.93. The number of ketones is 1. The van der Waals surface area contributed by atoms with Gasteiger partial charge in [-0.25, -0.2) is 0 Å². The number of carbonyl (C=O) groups is 1. The van der Waals surface area contributed by atoms with Crippen LogP contribution in [0.2, 0.25) is 0 Å². The van der Waals surface area contributed by atoms with E-state index in [9.17, 15) is 9.90 Å². The molecular formula is C17H20N2O3. The fraction of sp³-hybridized carbons (Fsp3) is 0.235. The summed E-state index contributed by atoms with van der Waals surface area (Å²) in [5.41, 5.74) is 13.1. The van der Waals surface area contributed by atoms with E-state index in [0.29, 0.717) is 17.9 Å². The van der Waals surface area contributed by atoms with Crippen LogP contribution in [0.25, 0.3) is 0 Å². The number of nitrogens with two attached hydrogens (primary N) is 2. The zero-order valence-corrected chi connectivity index (χ0v) is 12.2. The number of aliphatic hydroxyl groups is 1. The molecular weight excluding hydrogens is 280 g/mol. The zero-order valence-electron chi connectivity index (χ0n) is 12.2. The third-order valence-corrected chi connectivity index (χ3v) is 3.35. The largest absolute Gasteiger partial charge is 0.489 e. The number of rotatable bonds is 7. The molecule has 116 valence electrons. The Labute approximate surface area is 129 Å². The molecule has 2 rings (SSSR count). The van der Waals surface area contributed by atoms with Crippen LogP contribution in [-0.2, 0) is 6.61 Å². The first-order valence-electron chi connectivity index (χ1n) is 7.07. The van der Waals surface area contributed by atoms with Crippen LogP contribution >= 0.6 is 0 Å². The predicted molar refractivity (Wildman–Crippen MR) is 84.6 cm³/mol. The Bertz CT molecular complexity index is 609. The van der Waals surface area contributed by atoms with Crippen LogP contribution < -0.4 is 16.2 Å². The quantitative estimate of drug-likeness (QED) is 0.671. The maximum atomic E-state index is 11.4. The van der Waals surface area contributed by atoms with Crippen LogP contribution in [0.3, 0.4) is 0 Å². The first kappa shape index (κ1) is 16.2. The van der Waals surface area contributed by atoms with Gasteiger partial charge in [-0.15, -0.1) is 0 Å². The van der Waals surface area contributed by atoms with E-state index in [4.69, 9.17) is 16.2 Å². The molecule has 0 amide bonds. The van der Waals surface area contributed by atoms with Gasteiger partial charge in [-0.05, 0) is 23.3 Å². The molecule has 22 heavy (non-hydrogen) atoms. The number of carbonyl (C=O) groups excluding carboxylic acids is 1. The lowest BCUT2D eigenvalue weighted by Gasteiger charge is -2.10. The monoisotopic (exact) mass is 300 g/mol. The second kappa shape index (κ2) is 7.70. The summed E-state index contributed by atoms with van der Waals surface area (Å²) >= 11 is 0. The summed E-state index contributed by atoms with van der Waals surface area (Å²) in [6, 6.07) is 14.3. The van der Waals surface area contributed by atoms with E-state index >= 15 is 0 Å². The highest BCUT2D eigenvalue weighted by Gasteiger charge is 2.05. The maximum Gasteiger partial charge on any atom is 0.176 e. The molecule has 5 heteroatoms. The van der Waals surface area contributed by atoms with Gasteiger partial charge in [-0.1, -0.05) is 36.4 Å². The number of ether oxygens (including phenoxy) is 1. The number of hydrogen-bond acceptors (Lipinski definition) is 5. The molecule has 0 aliphatic rings. The Kier molecular flexibility index (Phi) is 5.66. The van der Waals surface area contributed by atoms with Crippen molar-refractivity contribution in [2.75, 3.05) is 13.1 Å². The summed E-state index contributed by atoms with van der Waals surface area (Å²) in [6.07, 6.45) is -0.651. The van der Waals surface area contributed by atoms with Crippen LogP contribution in [-0.4, -0.2) is 24.0 Å². The van der Waals surface area contributed by atoms with Crippen molar-refractivity contribution < 1.29 is 14.6 Å². The van der Waals surface area contributed by atoms with Crippen molar-refractivity contribution in [3.8, 4) is 5.75 Å². The normalized spacial score (nSPS) is 12.0. The number of hydrogen-bond donors (Lipinski definition) is 3. The first-order chi connectivity index (χ1) is 10.6. The lowest BCUT2D eigenvalue weighted by Crippen LogP contribution is -2.13. The highest BCUT2D eigenvalue weighted by atomic mass is 16.5. The molecule has 0 radical (unpaired) electrons. The van der Waals surface area contributed by atoms with Gasteiger partial charge in [0.05, 0.1) is 12.6 Å². The van der Waals surface area contributed by atoms with Crippen molar-refractivity contribution in [1.82, 2.24) is 0 Å². The van der Waals surface area contributed by atoms with E-state index in [2.05, 4.69) is 0 Å². The summed E-state index contributed by atoms with van der Waals surface area (Å²) in [7, 11) is 0. The molecule has 0 aromatic heterocycles. The Hall–Kier alpha value is -2.21. The van der Waals surface area contributed by atoms with Gasteiger partial charge in [0.25, 0.3) is 0 Å². The number of benzene rings is 2. The molecule has 0 aliphatic carbocycles. The summed E-state index contributed by atoms with van der Waals surface area (Å²) in [4.78, 5) is 11.4. The van der Waals surface area contributed by atoms with E-state index in [0.717, 1.165) is 11.1 Å². The molecule has 1 unspecified atom stereocenters. The van der Waals surface area contributed by atoms with Gasteiger partial charge >= 0.3 is 0 Å². The van der Waals surface area contributed by atoms with Crippen LogP contribution in [0.15, 0.2) is 48.5 Å². The number of aliphatic hydroxyl groups excluding tert-OH is 1. The van der Waals surface area contributed by atoms with E-state index in [-0.39, 0.29) is 18.9 Å². The van der Waals surface area contributed by atoms with Gasteiger partial charge in [0.1, 0.15) is 12.4 Å². The molecule has 1 atom stereocenters. The Morgan fingerprint density at radius 1 is 1.05 bits per heavy atom. The van der Waals surface area contributed by atoms with Crippen LogP contribution in [0.4, 0.5) is 0 Å². The van der Waals surface area contributed by atoms with Crippen molar-refractivity contribution in [3.05, 3.63) is 65.2 Å². The minimum absolute atomic E-state index is 0.0108. The van der Waals surface area contributed by atoms with E-state index in [1.807, 2.05) is 12.1 Å². The van der Waals surface area contributed by atoms with Crippen molar-refractivity contribution in [1.29, 1.82) is 0 Å². The summed E-state index contributed by atoms with van der Waals surface area (Å²) < 4.78 is 5.66. The highest BCUT2D eigenvalue weighted by molar-refractivity contribution is 5.97. The molecule has 2 aromatic carbocycles. The molecule has 0 saturated heterocycles. The van der Waals surface area contributed by atoms with Gasteiger partial charge in [-0.3, -0.25) is 4.79 Å². The fourth-order valence-corrected chi connectivity index (χ4v) is 1.99. The van der Waals surface area contributed by atoms with Crippen LogP contribution in [0.1, 0.15) is 27.6 Å². The Morgan fingerprint density at radius 2 is 1.68 bits per heavy atom. The van der Waals surface area contributed by atoms with Crippen molar-refractivity contribution >= 4 is 5.78 Å². The summed E-state index contributed by atoms with van der Waals surface area (Å²) in [5, 5.41) is 9.62. The smallest absolute Gasteiger partial charge is 0.176 e. The Balaban J connectivity index is 1.94. The van der Waals surface area contributed by atoms with Gasteiger partial charge < -0.3 is 21.3 Å². The van der Waals surface area contributed by atoms with E-state index < -0.39 is 6.10 Å². The molecule has 5 nitrogen and oxygen atoms in total. The average molecular weight is 300 g/mol. The molecule has 0 saturated carbocycles. The third kappa shape index (κ3) is 4.14. The fourth-order valence-electron chi connectivity index (χ4n) is 1.99. The van der Waals surface area contributed by atoms with Crippen molar-refractivity contribution in [2.24, 2.45) is 11.5 Å². The summed E-state index contributed by atoms with van der Waals surface area (Å²) in [6.45, 7) is 0.598. The van der Waals surface area contributed by atoms with E-state index in [1.54, 1.807) is 36.4 Å². The topological polar surface area (TPSA) is 98.6 Å². The molecule has 0 heterocycles. The molecule has 0 spiro atoms. The van der Waals surface area contributed by atoms with Crippen molar-refractivity contribution in [2.45, 2.75) is 12.7 Å². The molecule has 5 N–H and O–H groups in total. The molecule has 0 aliphatic heterocycles. The third-order valence-electron chi connectivity index (χ3n) is 3.35. The zero-order chi connectivity index (χ0) is 15.9. The van der Waals surface area contributed by atoms with Gasteiger partial charge in [-0.2, -0.15) is 0 Å². The predicted octanol–water partition coefficient (Wildman–Crippen LogP) is 1.40. The second-order valence-electron chi connectivity index (χ2n) is 4.93. The van der Waals surface area contributed by atoms with Gasteiger partial charge in [0, 0.05) is 12.1 Å². The lowest BCUT2D eigenvalue weighted by atomic mass is 10.1. The lowest BCUT2D eigenvalue weighted by molar-refractivity contribution is 0.100. The first-order valence-corrected chi connectivity index (χ1v) is 7.07. The molecule has 0 bridgehead atoms. The molecule has 2 aromatic rings. The minimum Gasteiger partial charge on any atom is -0.489 e. The minimum atomic E-state index is -0.651. The van der Waals surface area contributed by atoms with Crippen LogP contribution in [0, 0.1) is 0 Å². The average Bonchev–Trinajstić information content (AvgIpc) is 2.59. The molecule has 0 fully saturated rings. The SMILES string of the molecule is NCC(=O)c1ccc(COc2ccc(C(O)CN)cc2)cc1. The van der Waals surface area contributed by atoms with Crippen LogP contribution in [0.5, 0.6) is 5.75 Å².